The summed E-state index contributed by atoms with van der Waals surface area (Å²) in [6.07, 6.45) is 3.44. The van der Waals surface area contributed by atoms with Crippen LogP contribution in [0.3, 0.4) is 0 Å². The minimum atomic E-state index is -0.971. The van der Waals surface area contributed by atoms with Gasteiger partial charge in [0.05, 0.1) is 12.7 Å². The molecule has 0 aliphatic heterocycles. The van der Waals surface area contributed by atoms with Crippen LogP contribution in [-0.2, 0) is 13.6 Å². The second kappa shape index (κ2) is 6.10. The molecule has 3 aromatic heterocycles. The number of para-hydroxylation sites is 1. The first-order valence-electron chi connectivity index (χ1n) is 8.10. The second-order valence-corrected chi connectivity index (χ2v) is 6.15. The summed E-state index contributed by atoms with van der Waals surface area (Å²) in [6.45, 7) is 2.27. The van der Waals surface area contributed by atoms with Crippen molar-refractivity contribution in [2.45, 2.75) is 19.5 Å². The second-order valence-electron chi connectivity index (χ2n) is 6.15. The molecule has 4 aromatic rings. The van der Waals surface area contributed by atoms with Crippen molar-refractivity contribution in [3.05, 3.63) is 60.1 Å². The number of aromatic carboxylic acids is 1. The quantitative estimate of drug-likeness (QED) is 0.587. The van der Waals surface area contributed by atoms with Crippen LogP contribution >= 0.6 is 0 Å². The number of rotatable bonds is 5. The van der Waals surface area contributed by atoms with Gasteiger partial charge in [0.15, 0.2) is 5.82 Å². The highest BCUT2D eigenvalue weighted by atomic mass is 16.4. The number of nitrogens with zero attached hydrogens (tertiary/aromatic N) is 7. The molecule has 4 rings (SSSR count). The molecule has 1 atom stereocenters. The van der Waals surface area contributed by atoms with E-state index < -0.39 is 5.97 Å². The molecule has 0 spiro atoms. The van der Waals surface area contributed by atoms with Gasteiger partial charge in [0.1, 0.15) is 23.8 Å². The number of carboxylic acid groups (broad SMARTS) is 1. The van der Waals surface area contributed by atoms with Gasteiger partial charge >= 0.3 is 5.97 Å². The molecule has 3 heterocycles. The normalized spacial score (nSPS) is 12.5. The summed E-state index contributed by atoms with van der Waals surface area (Å²) in [4.78, 5) is 11.6. The van der Waals surface area contributed by atoms with E-state index in [1.54, 1.807) is 27.8 Å². The molecule has 0 saturated heterocycles. The molecule has 1 unspecified atom stereocenters. The lowest BCUT2D eigenvalue weighted by molar-refractivity contribution is 0.0686. The van der Waals surface area contributed by atoms with Crippen LogP contribution in [0.2, 0.25) is 0 Å². The Kier molecular flexibility index (Phi) is 3.76. The summed E-state index contributed by atoms with van der Waals surface area (Å²) in [7, 11) is 1.87. The van der Waals surface area contributed by atoms with E-state index >= 15 is 0 Å². The number of aromatic nitrogens is 7. The number of carbonyl (C=O) groups is 1. The highest BCUT2D eigenvalue weighted by Gasteiger charge is 2.18. The molecule has 0 fully saturated rings. The fourth-order valence-corrected chi connectivity index (χ4v) is 3.08. The van der Waals surface area contributed by atoms with Crippen molar-refractivity contribution in [2.24, 2.45) is 7.05 Å². The topological polar surface area (TPSA) is 104 Å². The Morgan fingerprint density at radius 1 is 1.27 bits per heavy atom. The maximum atomic E-state index is 11.6. The van der Waals surface area contributed by atoms with E-state index in [1.807, 2.05) is 42.8 Å². The molecule has 1 aromatic carbocycles. The number of carboxylic acids is 1. The molecule has 9 heteroatoms. The number of fused-ring (bicyclic) bond motifs is 1. The largest absolute Gasteiger partial charge is 0.477 e. The van der Waals surface area contributed by atoms with Crippen LogP contribution < -0.4 is 0 Å². The summed E-state index contributed by atoms with van der Waals surface area (Å²) < 4.78 is 5.26. The summed E-state index contributed by atoms with van der Waals surface area (Å²) in [5.41, 5.74) is 1.74. The van der Waals surface area contributed by atoms with Crippen molar-refractivity contribution < 1.29 is 9.90 Å². The SMILES string of the molecule is CC(c1nncn1C)n1cc(Cn2c(C(=O)O)cc3ccccc32)nn1. The van der Waals surface area contributed by atoms with Crippen LogP contribution in [0, 0.1) is 0 Å². The van der Waals surface area contributed by atoms with Crippen LogP contribution in [0.5, 0.6) is 0 Å². The first-order valence-corrected chi connectivity index (χ1v) is 8.10. The van der Waals surface area contributed by atoms with Crippen LogP contribution in [0.15, 0.2) is 42.9 Å². The van der Waals surface area contributed by atoms with Crippen molar-refractivity contribution in [3.8, 4) is 0 Å². The Morgan fingerprint density at radius 3 is 2.81 bits per heavy atom. The van der Waals surface area contributed by atoms with E-state index in [0.717, 1.165) is 16.7 Å². The molecule has 132 valence electrons. The van der Waals surface area contributed by atoms with Crippen molar-refractivity contribution in [1.29, 1.82) is 0 Å². The van der Waals surface area contributed by atoms with Gasteiger partial charge in [-0.15, -0.1) is 15.3 Å². The molecule has 0 aliphatic carbocycles. The number of aryl methyl sites for hydroxylation is 1. The van der Waals surface area contributed by atoms with E-state index in [0.29, 0.717) is 12.2 Å². The van der Waals surface area contributed by atoms with Crippen molar-refractivity contribution >= 4 is 16.9 Å². The number of benzene rings is 1. The van der Waals surface area contributed by atoms with Gasteiger partial charge in [0.25, 0.3) is 0 Å². The third kappa shape index (κ3) is 2.63. The van der Waals surface area contributed by atoms with E-state index in [2.05, 4.69) is 20.5 Å². The van der Waals surface area contributed by atoms with Gasteiger partial charge in [-0.2, -0.15) is 0 Å². The molecule has 1 N–H and O–H groups in total. The van der Waals surface area contributed by atoms with E-state index in [4.69, 9.17) is 0 Å². The first-order chi connectivity index (χ1) is 12.5. The molecular weight excluding hydrogens is 334 g/mol. The Labute approximate surface area is 148 Å². The van der Waals surface area contributed by atoms with Crippen LogP contribution in [-0.4, -0.2) is 45.4 Å². The third-order valence-electron chi connectivity index (χ3n) is 4.42. The van der Waals surface area contributed by atoms with Crippen molar-refractivity contribution in [2.75, 3.05) is 0 Å². The number of hydrogen-bond donors (Lipinski definition) is 1. The average Bonchev–Trinajstić information content (AvgIpc) is 3.34. The first kappa shape index (κ1) is 16.0. The molecule has 9 nitrogen and oxygen atoms in total. The Hall–Kier alpha value is -3.49. The molecule has 26 heavy (non-hydrogen) atoms. The van der Waals surface area contributed by atoms with E-state index in [1.165, 1.54) is 0 Å². The zero-order chi connectivity index (χ0) is 18.3. The maximum absolute atomic E-state index is 11.6. The Bertz CT molecular complexity index is 1090. The number of hydrogen-bond acceptors (Lipinski definition) is 5. The van der Waals surface area contributed by atoms with Crippen molar-refractivity contribution in [1.82, 2.24) is 34.3 Å². The average molecular weight is 351 g/mol. The molecule has 0 amide bonds. The molecule has 0 aliphatic rings. The predicted molar refractivity (Wildman–Crippen MR) is 92.8 cm³/mol. The zero-order valence-corrected chi connectivity index (χ0v) is 14.3. The van der Waals surface area contributed by atoms with Gasteiger partial charge in [-0.05, 0) is 19.1 Å². The lowest BCUT2D eigenvalue weighted by Crippen LogP contribution is -2.12. The minimum Gasteiger partial charge on any atom is -0.477 e. The molecule has 0 bridgehead atoms. The van der Waals surface area contributed by atoms with Crippen LogP contribution in [0.25, 0.3) is 10.9 Å². The summed E-state index contributed by atoms with van der Waals surface area (Å²) in [6, 6.07) is 9.10. The van der Waals surface area contributed by atoms with Gasteiger partial charge in [-0.3, -0.25) is 0 Å². The molecule has 0 saturated carbocycles. The summed E-state index contributed by atoms with van der Waals surface area (Å²) in [5.74, 6) is -0.208. The highest BCUT2D eigenvalue weighted by Crippen LogP contribution is 2.21. The Morgan fingerprint density at radius 2 is 2.08 bits per heavy atom. The van der Waals surface area contributed by atoms with E-state index in [-0.39, 0.29) is 11.7 Å². The lowest BCUT2D eigenvalue weighted by atomic mass is 10.2. The van der Waals surface area contributed by atoms with Crippen LogP contribution in [0.4, 0.5) is 0 Å². The standard InChI is InChI=1S/C17H17N7O2/c1-11(16-20-18-10-22(16)2)24-9-13(19-21-24)8-23-14-6-4-3-5-12(14)7-15(23)17(25)26/h3-7,9-11H,8H2,1-2H3,(H,25,26). The summed E-state index contributed by atoms with van der Waals surface area (Å²) in [5, 5.41) is 26.7. The van der Waals surface area contributed by atoms with Crippen LogP contribution in [0.1, 0.15) is 35.0 Å². The fourth-order valence-electron chi connectivity index (χ4n) is 3.08. The lowest BCUT2D eigenvalue weighted by Gasteiger charge is -2.09. The van der Waals surface area contributed by atoms with Gasteiger partial charge < -0.3 is 14.2 Å². The maximum Gasteiger partial charge on any atom is 0.352 e. The van der Waals surface area contributed by atoms with Gasteiger partial charge in [0.2, 0.25) is 0 Å². The van der Waals surface area contributed by atoms with Crippen molar-refractivity contribution in [3.63, 3.8) is 0 Å². The summed E-state index contributed by atoms with van der Waals surface area (Å²) >= 11 is 0. The third-order valence-corrected chi connectivity index (χ3v) is 4.42. The monoisotopic (exact) mass is 351 g/mol. The smallest absolute Gasteiger partial charge is 0.352 e. The van der Waals surface area contributed by atoms with Gasteiger partial charge in [-0.1, -0.05) is 23.4 Å². The van der Waals surface area contributed by atoms with Gasteiger partial charge in [0, 0.05) is 18.0 Å². The van der Waals surface area contributed by atoms with E-state index in [9.17, 15) is 9.90 Å². The predicted octanol–water partition coefficient (Wildman–Crippen LogP) is 1.72. The fraction of sp³-hybridized carbons (Fsp3) is 0.235. The van der Waals surface area contributed by atoms with Gasteiger partial charge in [-0.25, -0.2) is 9.48 Å². The highest BCUT2D eigenvalue weighted by molar-refractivity contribution is 5.94. The molecular formula is C17H17N7O2. The Balaban J connectivity index is 1.68. The zero-order valence-electron chi connectivity index (χ0n) is 14.3. The molecule has 0 radical (unpaired) electrons. The minimum absolute atomic E-state index is 0.135.